The quantitative estimate of drug-likeness (QED) is 0.0776. The van der Waals surface area contributed by atoms with Gasteiger partial charge in [0.05, 0.1) is 18.8 Å². The number of hydrogen-bond donors (Lipinski definition) is 3. The van der Waals surface area contributed by atoms with Crippen molar-refractivity contribution in [3.8, 4) is 5.75 Å². The second-order valence-electron chi connectivity index (χ2n) is 8.25. The number of carbonyl (C=O) groups excluding carboxylic acids is 4. The van der Waals surface area contributed by atoms with Crippen molar-refractivity contribution >= 4 is 47.5 Å². The lowest BCUT2D eigenvalue weighted by Gasteiger charge is -2.17. The zero-order chi connectivity index (χ0) is 29.5. The highest BCUT2D eigenvalue weighted by Crippen LogP contribution is 2.16. The molecule has 0 bridgehead atoms. The normalized spacial score (nSPS) is 11.9. The Morgan fingerprint density at radius 2 is 1.60 bits per heavy atom. The Labute approximate surface area is 237 Å². The minimum atomic E-state index is -0.876. The van der Waals surface area contributed by atoms with Crippen LogP contribution in [0.5, 0.6) is 5.75 Å². The molecule has 1 atom stereocenters. The highest BCUT2D eigenvalue weighted by atomic mass is 32.2. The molecule has 4 N–H and O–H groups in total. The molecule has 0 aliphatic heterocycles. The van der Waals surface area contributed by atoms with Gasteiger partial charge in [-0.05, 0) is 68.8 Å². The van der Waals surface area contributed by atoms with Gasteiger partial charge >= 0.3 is 17.9 Å². The summed E-state index contributed by atoms with van der Waals surface area (Å²) in [6.07, 6.45) is 4.57. The number of nitrogens with two attached hydrogens (primary N) is 1. The molecule has 0 heterocycles. The van der Waals surface area contributed by atoms with Crippen molar-refractivity contribution in [1.29, 1.82) is 5.41 Å². The largest absolute Gasteiger partial charge is 0.464 e. The fourth-order valence-electron chi connectivity index (χ4n) is 3.17. The maximum absolute atomic E-state index is 12.8. The van der Waals surface area contributed by atoms with Crippen molar-refractivity contribution in [2.24, 2.45) is 5.73 Å². The monoisotopic (exact) mass is 567 g/mol. The molecule has 0 aliphatic rings. The molecular formula is C29H33N3O7S. The SMILES string of the molecule is CCOC(=O)C=CCSC[C@H](NC(=O)C(C)=Cc1ccc(C(=O)Oc2ccc(C(=N)N)cc2)cc1)C(=O)OCC. The highest BCUT2D eigenvalue weighted by molar-refractivity contribution is 7.99. The Kier molecular flexibility index (Phi) is 13.2. The number of carbonyl (C=O) groups is 4. The topological polar surface area (TPSA) is 158 Å². The maximum Gasteiger partial charge on any atom is 0.343 e. The fraction of sp³-hybridized carbons (Fsp3) is 0.276. The third-order valence-corrected chi connectivity index (χ3v) is 6.18. The van der Waals surface area contributed by atoms with E-state index in [1.807, 2.05) is 0 Å². The van der Waals surface area contributed by atoms with Gasteiger partial charge in [0.15, 0.2) is 0 Å². The molecule has 0 spiro atoms. The van der Waals surface area contributed by atoms with E-state index in [2.05, 4.69) is 5.32 Å². The lowest BCUT2D eigenvalue weighted by molar-refractivity contribution is -0.146. The van der Waals surface area contributed by atoms with Gasteiger partial charge in [0.2, 0.25) is 5.91 Å². The van der Waals surface area contributed by atoms with Crippen LogP contribution in [0.1, 0.15) is 42.3 Å². The number of amidine groups is 1. The first-order valence-corrected chi connectivity index (χ1v) is 13.6. The molecule has 40 heavy (non-hydrogen) atoms. The third kappa shape index (κ3) is 10.8. The van der Waals surface area contributed by atoms with Crippen molar-refractivity contribution in [2.75, 3.05) is 24.7 Å². The van der Waals surface area contributed by atoms with Gasteiger partial charge in [-0.1, -0.05) is 18.2 Å². The first-order chi connectivity index (χ1) is 19.1. The first-order valence-electron chi connectivity index (χ1n) is 12.5. The lowest BCUT2D eigenvalue weighted by atomic mass is 10.1. The van der Waals surface area contributed by atoms with Crippen LogP contribution in [0.25, 0.3) is 6.08 Å². The summed E-state index contributed by atoms with van der Waals surface area (Å²) in [7, 11) is 0. The predicted molar refractivity (Wildman–Crippen MR) is 154 cm³/mol. The Morgan fingerprint density at radius 3 is 2.20 bits per heavy atom. The maximum atomic E-state index is 12.8. The molecule has 1 amide bonds. The van der Waals surface area contributed by atoms with Gasteiger partial charge in [-0.15, -0.1) is 0 Å². The molecule has 0 fully saturated rings. The van der Waals surface area contributed by atoms with Crippen molar-refractivity contribution in [1.82, 2.24) is 5.32 Å². The minimum Gasteiger partial charge on any atom is -0.464 e. The van der Waals surface area contributed by atoms with Gasteiger partial charge in [-0.25, -0.2) is 14.4 Å². The van der Waals surface area contributed by atoms with E-state index >= 15 is 0 Å². The van der Waals surface area contributed by atoms with Crippen LogP contribution in [0.2, 0.25) is 0 Å². The summed E-state index contributed by atoms with van der Waals surface area (Å²) >= 11 is 1.35. The van der Waals surface area contributed by atoms with Crippen LogP contribution in [0.15, 0.2) is 66.3 Å². The summed E-state index contributed by atoms with van der Waals surface area (Å²) in [5, 5.41) is 10.1. The van der Waals surface area contributed by atoms with Crippen LogP contribution >= 0.6 is 11.8 Å². The molecule has 0 unspecified atom stereocenters. The molecule has 0 saturated heterocycles. The number of nitrogens with one attached hydrogen (secondary N) is 2. The number of nitrogen functional groups attached to an aromatic ring is 1. The molecular weight excluding hydrogens is 534 g/mol. The van der Waals surface area contributed by atoms with Crippen LogP contribution in [0.3, 0.4) is 0 Å². The molecule has 0 aliphatic carbocycles. The fourth-order valence-corrected chi connectivity index (χ4v) is 4.00. The zero-order valence-electron chi connectivity index (χ0n) is 22.6. The minimum absolute atomic E-state index is 0.0824. The summed E-state index contributed by atoms with van der Waals surface area (Å²) in [6.45, 7) is 5.47. The van der Waals surface area contributed by atoms with E-state index in [1.165, 1.54) is 17.8 Å². The average Bonchev–Trinajstić information content (AvgIpc) is 2.93. The van der Waals surface area contributed by atoms with E-state index in [0.717, 1.165) is 0 Å². The van der Waals surface area contributed by atoms with E-state index in [4.69, 9.17) is 25.4 Å². The third-order valence-electron chi connectivity index (χ3n) is 5.18. The van der Waals surface area contributed by atoms with Crippen molar-refractivity contribution < 1.29 is 33.4 Å². The van der Waals surface area contributed by atoms with Gasteiger partial charge in [0.25, 0.3) is 0 Å². The molecule has 0 aromatic heterocycles. The van der Waals surface area contributed by atoms with Crippen LogP contribution in [-0.4, -0.2) is 60.4 Å². The first kappa shape index (κ1) is 31.8. The average molecular weight is 568 g/mol. The Hall–Kier alpha value is -4.38. The summed E-state index contributed by atoms with van der Waals surface area (Å²) in [6, 6.07) is 11.9. The van der Waals surface area contributed by atoms with Gasteiger partial charge in [-0.3, -0.25) is 10.2 Å². The molecule has 212 valence electrons. The zero-order valence-corrected chi connectivity index (χ0v) is 23.4. The Morgan fingerprint density at radius 1 is 0.975 bits per heavy atom. The van der Waals surface area contributed by atoms with E-state index in [0.29, 0.717) is 33.8 Å². The molecule has 2 rings (SSSR count). The standard InChI is InChI=1S/C29H33N3O7S/c1-4-37-25(33)7-6-16-40-18-24(29(36)38-5-2)32-27(34)19(3)17-20-8-10-22(11-9-20)28(35)39-23-14-12-21(13-15-23)26(30)31/h6-15,17,24H,4-5,16,18H2,1-3H3,(H3,30,31)(H,32,34)/t24-/m0/s1. The van der Waals surface area contributed by atoms with Crippen molar-refractivity contribution in [2.45, 2.75) is 26.8 Å². The number of rotatable bonds is 14. The molecule has 0 radical (unpaired) electrons. The van der Waals surface area contributed by atoms with E-state index in [9.17, 15) is 19.2 Å². The number of benzene rings is 2. The number of hydrogen-bond acceptors (Lipinski definition) is 9. The van der Waals surface area contributed by atoms with Gasteiger partial charge in [0, 0.05) is 28.7 Å². The Balaban J connectivity index is 1.98. The van der Waals surface area contributed by atoms with Crippen molar-refractivity contribution in [3.05, 3.63) is 82.9 Å². The summed E-state index contributed by atoms with van der Waals surface area (Å²) in [5.74, 6) is -1.08. The second-order valence-corrected chi connectivity index (χ2v) is 9.32. The van der Waals surface area contributed by atoms with E-state index in [1.54, 1.807) is 81.5 Å². The number of amides is 1. The smallest absolute Gasteiger partial charge is 0.343 e. The Bertz CT molecular complexity index is 1260. The summed E-state index contributed by atoms with van der Waals surface area (Å²) in [4.78, 5) is 49.0. The molecule has 0 saturated carbocycles. The molecule has 2 aromatic rings. The van der Waals surface area contributed by atoms with Gasteiger partial charge in [-0.2, -0.15) is 11.8 Å². The molecule has 11 heteroatoms. The van der Waals surface area contributed by atoms with Crippen LogP contribution < -0.4 is 15.8 Å². The van der Waals surface area contributed by atoms with Gasteiger partial charge < -0.3 is 25.3 Å². The van der Waals surface area contributed by atoms with Crippen LogP contribution in [0, 0.1) is 5.41 Å². The van der Waals surface area contributed by atoms with Crippen LogP contribution in [0.4, 0.5) is 0 Å². The second kappa shape index (κ2) is 16.6. The number of ether oxygens (including phenoxy) is 3. The van der Waals surface area contributed by atoms with E-state index in [-0.39, 0.29) is 24.8 Å². The summed E-state index contributed by atoms with van der Waals surface area (Å²) < 4.78 is 15.3. The number of thioether (sulfide) groups is 1. The van der Waals surface area contributed by atoms with Crippen LogP contribution in [-0.2, 0) is 23.9 Å². The molecule has 10 nitrogen and oxygen atoms in total. The van der Waals surface area contributed by atoms with E-state index < -0.39 is 29.9 Å². The number of esters is 3. The molecule has 2 aromatic carbocycles. The predicted octanol–water partition coefficient (Wildman–Crippen LogP) is 3.49. The highest BCUT2D eigenvalue weighted by Gasteiger charge is 2.22. The summed E-state index contributed by atoms with van der Waals surface area (Å²) in [5.41, 5.74) is 7.27. The van der Waals surface area contributed by atoms with Crippen molar-refractivity contribution in [3.63, 3.8) is 0 Å². The van der Waals surface area contributed by atoms with Gasteiger partial charge in [0.1, 0.15) is 17.6 Å². The lowest BCUT2D eigenvalue weighted by Crippen LogP contribution is -2.44.